The summed E-state index contributed by atoms with van der Waals surface area (Å²) in [5, 5.41) is 3.41. The van der Waals surface area contributed by atoms with E-state index in [2.05, 4.69) is 26.1 Å². The van der Waals surface area contributed by atoms with Crippen molar-refractivity contribution in [1.82, 2.24) is 5.32 Å². The van der Waals surface area contributed by atoms with Crippen molar-refractivity contribution in [3.63, 3.8) is 0 Å². The van der Waals surface area contributed by atoms with Crippen LogP contribution in [0.1, 0.15) is 45.2 Å². The van der Waals surface area contributed by atoms with Gasteiger partial charge in [-0.15, -0.1) is 0 Å². The van der Waals surface area contributed by atoms with Gasteiger partial charge in [0.25, 0.3) is 0 Å². The maximum absolute atomic E-state index is 14.2. The maximum atomic E-state index is 14.2. The summed E-state index contributed by atoms with van der Waals surface area (Å²) in [5.41, 5.74) is 0.705. The van der Waals surface area contributed by atoms with E-state index in [0.29, 0.717) is 17.2 Å². The minimum atomic E-state index is -0.241. The van der Waals surface area contributed by atoms with Crippen LogP contribution in [-0.4, -0.2) is 13.7 Å². The van der Waals surface area contributed by atoms with Crippen LogP contribution in [-0.2, 0) is 0 Å². The average molecular weight is 253 g/mol. The number of nitrogens with one attached hydrogen (secondary N) is 1. The van der Waals surface area contributed by atoms with E-state index in [1.54, 1.807) is 6.07 Å². The minimum absolute atomic E-state index is 0.0556. The first-order chi connectivity index (χ1) is 8.60. The highest BCUT2D eigenvalue weighted by atomic mass is 19.1. The fourth-order valence-electron chi connectivity index (χ4n) is 2.06. The summed E-state index contributed by atoms with van der Waals surface area (Å²) in [6.07, 6.45) is 1.96. The van der Waals surface area contributed by atoms with Gasteiger partial charge in [-0.05, 0) is 31.4 Å². The van der Waals surface area contributed by atoms with Crippen molar-refractivity contribution in [2.24, 2.45) is 5.92 Å². The minimum Gasteiger partial charge on any atom is -0.494 e. The van der Waals surface area contributed by atoms with Crippen molar-refractivity contribution in [2.75, 3.05) is 13.7 Å². The quantitative estimate of drug-likeness (QED) is 0.795. The Morgan fingerprint density at radius 2 is 2.06 bits per heavy atom. The predicted molar refractivity (Wildman–Crippen MR) is 73.4 cm³/mol. The highest BCUT2D eigenvalue weighted by Gasteiger charge is 2.18. The first-order valence-electron chi connectivity index (χ1n) is 6.65. The van der Waals surface area contributed by atoms with Gasteiger partial charge in [0.15, 0.2) is 11.6 Å². The van der Waals surface area contributed by atoms with E-state index in [1.165, 1.54) is 7.11 Å². The van der Waals surface area contributed by atoms with Crippen LogP contribution < -0.4 is 10.1 Å². The fraction of sp³-hybridized carbons (Fsp3) is 0.600. The van der Waals surface area contributed by atoms with E-state index in [0.717, 1.165) is 19.4 Å². The maximum Gasteiger partial charge on any atom is 0.169 e. The zero-order valence-electron chi connectivity index (χ0n) is 11.8. The third kappa shape index (κ3) is 3.98. The molecule has 1 aromatic carbocycles. The van der Waals surface area contributed by atoms with Crippen LogP contribution in [0.25, 0.3) is 0 Å². The molecule has 0 fully saturated rings. The first kappa shape index (κ1) is 15.0. The van der Waals surface area contributed by atoms with Crippen molar-refractivity contribution in [3.05, 3.63) is 29.6 Å². The Bertz CT molecular complexity index is 366. The number of hydrogen-bond donors (Lipinski definition) is 1. The van der Waals surface area contributed by atoms with Crippen molar-refractivity contribution in [3.8, 4) is 5.75 Å². The van der Waals surface area contributed by atoms with E-state index < -0.39 is 0 Å². The summed E-state index contributed by atoms with van der Waals surface area (Å²) < 4.78 is 19.3. The van der Waals surface area contributed by atoms with Crippen LogP contribution in [0.5, 0.6) is 5.75 Å². The third-order valence-electron chi connectivity index (χ3n) is 2.94. The molecule has 0 bridgehead atoms. The smallest absolute Gasteiger partial charge is 0.169 e. The number of halogens is 1. The van der Waals surface area contributed by atoms with Crippen molar-refractivity contribution < 1.29 is 9.13 Å². The van der Waals surface area contributed by atoms with Crippen LogP contribution >= 0.6 is 0 Å². The van der Waals surface area contributed by atoms with Gasteiger partial charge >= 0.3 is 0 Å². The van der Waals surface area contributed by atoms with Crippen LogP contribution in [0.2, 0.25) is 0 Å². The zero-order chi connectivity index (χ0) is 13.5. The summed E-state index contributed by atoms with van der Waals surface area (Å²) in [6.45, 7) is 7.31. The highest BCUT2D eigenvalue weighted by molar-refractivity contribution is 5.33. The third-order valence-corrected chi connectivity index (χ3v) is 2.94. The summed E-state index contributed by atoms with van der Waals surface area (Å²) >= 11 is 0. The van der Waals surface area contributed by atoms with Gasteiger partial charge in [-0.2, -0.15) is 0 Å². The van der Waals surface area contributed by atoms with Gasteiger partial charge in [0.1, 0.15) is 0 Å². The second kappa shape index (κ2) is 7.37. The van der Waals surface area contributed by atoms with Gasteiger partial charge in [-0.25, -0.2) is 4.39 Å². The lowest BCUT2D eigenvalue weighted by Gasteiger charge is -2.22. The van der Waals surface area contributed by atoms with Crippen LogP contribution in [0.4, 0.5) is 4.39 Å². The van der Waals surface area contributed by atoms with Gasteiger partial charge in [0, 0.05) is 11.6 Å². The Hall–Kier alpha value is -1.09. The summed E-state index contributed by atoms with van der Waals surface area (Å²) in [6, 6.07) is 5.40. The molecule has 1 rings (SSSR count). The van der Waals surface area contributed by atoms with Gasteiger partial charge in [-0.3, -0.25) is 0 Å². The second-order valence-corrected chi connectivity index (χ2v) is 5.00. The molecule has 0 aromatic heterocycles. The molecule has 0 heterocycles. The first-order valence-corrected chi connectivity index (χ1v) is 6.65. The lowest BCUT2D eigenvalue weighted by Crippen LogP contribution is -2.24. The second-order valence-electron chi connectivity index (χ2n) is 5.00. The molecule has 18 heavy (non-hydrogen) atoms. The Morgan fingerprint density at radius 1 is 1.33 bits per heavy atom. The fourth-order valence-corrected chi connectivity index (χ4v) is 2.06. The van der Waals surface area contributed by atoms with Gasteiger partial charge < -0.3 is 10.1 Å². The molecule has 1 atom stereocenters. The molecule has 0 saturated carbocycles. The molecule has 3 heteroatoms. The molecule has 1 aromatic rings. The molecule has 1 N–H and O–H groups in total. The van der Waals surface area contributed by atoms with Crippen LogP contribution in [0, 0.1) is 11.7 Å². The van der Waals surface area contributed by atoms with Crippen molar-refractivity contribution >= 4 is 0 Å². The number of rotatable bonds is 7. The van der Waals surface area contributed by atoms with Crippen LogP contribution in [0.15, 0.2) is 18.2 Å². The Balaban J connectivity index is 2.96. The molecule has 0 aliphatic heterocycles. The van der Waals surface area contributed by atoms with E-state index in [4.69, 9.17) is 4.74 Å². The van der Waals surface area contributed by atoms with E-state index >= 15 is 0 Å². The van der Waals surface area contributed by atoms with E-state index in [1.807, 2.05) is 12.1 Å². The number of hydrogen-bond acceptors (Lipinski definition) is 2. The number of ether oxygens (including phenoxy) is 1. The Kier molecular flexibility index (Phi) is 6.13. The predicted octanol–water partition coefficient (Wildman–Crippen LogP) is 3.92. The average Bonchev–Trinajstić information content (AvgIpc) is 2.34. The molecule has 0 radical (unpaired) electrons. The van der Waals surface area contributed by atoms with E-state index in [9.17, 15) is 4.39 Å². The molecule has 0 spiro atoms. The number of benzene rings is 1. The van der Waals surface area contributed by atoms with Gasteiger partial charge in [0.05, 0.1) is 7.11 Å². The molecule has 102 valence electrons. The lowest BCUT2D eigenvalue weighted by molar-refractivity contribution is 0.370. The molecule has 1 unspecified atom stereocenters. The summed E-state index contributed by atoms with van der Waals surface area (Å²) in [5.74, 6) is 0.596. The monoisotopic (exact) mass is 253 g/mol. The van der Waals surface area contributed by atoms with Crippen molar-refractivity contribution in [2.45, 2.75) is 39.7 Å². The molecule has 0 saturated heterocycles. The lowest BCUT2D eigenvalue weighted by atomic mass is 9.96. The zero-order valence-corrected chi connectivity index (χ0v) is 11.8. The van der Waals surface area contributed by atoms with E-state index in [-0.39, 0.29) is 11.9 Å². The largest absolute Gasteiger partial charge is 0.494 e. The standard InChI is InChI=1S/C15H24FNO/c1-5-9-17-13(10-11(2)3)12-7-6-8-14(18-4)15(12)16/h6-8,11,13,17H,5,9-10H2,1-4H3. The normalized spacial score (nSPS) is 12.8. The topological polar surface area (TPSA) is 21.3 Å². The molecular formula is C15H24FNO. The van der Waals surface area contributed by atoms with Gasteiger partial charge in [-0.1, -0.05) is 32.9 Å². The number of methoxy groups -OCH3 is 1. The Labute approximate surface area is 110 Å². The SMILES string of the molecule is CCCNC(CC(C)C)c1cccc(OC)c1F. The molecule has 2 nitrogen and oxygen atoms in total. The molecule has 0 amide bonds. The van der Waals surface area contributed by atoms with Crippen LogP contribution in [0.3, 0.4) is 0 Å². The summed E-state index contributed by atoms with van der Waals surface area (Å²) in [7, 11) is 1.50. The molecule has 0 aliphatic carbocycles. The summed E-state index contributed by atoms with van der Waals surface area (Å²) in [4.78, 5) is 0. The van der Waals surface area contributed by atoms with Crippen molar-refractivity contribution in [1.29, 1.82) is 0 Å². The molecule has 0 aliphatic rings. The highest BCUT2D eigenvalue weighted by Crippen LogP contribution is 2.28. The van der Waals surface area contributed by atoms with Gasteiger partial charge in [0.2, 0.25) is 0 Å². The Morgan fingerprint density at radius 3 is 2.61 bits per heavy atom. The molecular weight excluding hydrogens is 229 g/mol.